The molecule has 0 fully saturated rings. The normalized spacial score (nSPS) is 16.7. The molecular weight excluding hydrogens is 510 g/mol. The first-order valence-electron chi connectivity index (χ1n) is 12.7. The number of hydrogen-bond donors (Lipinski definition) is 0. The van der Waals surface area contributed by atoms with E-state index in [1.807, 2.05) is 0 Å². The maximum absolute atomic E-state index is 6.45. The van der Waals surface area contributed by atoms with Crippen LogP contribution in [0.5, 0.6) is 0 Å². The quantitative estimate of drug-likeness (QED) is 0.108. The van der Waals surface area contributed by atoms with E-state index in [0.717, 1.165) is 38.5 Å². The molecule has 0 N–H and O–H groups in total. The van der Waals surface area contributed by atoms with Crippen LogP contribution in [0, 0.1) is 23.7 Å². The van der Waals surface area contributed by atoms with Crippen molar-refractivity contribution in [2.75, 3.05) is 13.2 Å². The molecule has 0 aliphatic rings. The van der Waals surface area contributed by atoms with Crippen LogP contribution in [0.15, 0.2) is 0 Å². The summed E-state index contributed by atoms with van der Waals surface area (Å²) in [4.78, 5) is 0. The first-order chi connectivity index (χ1) is 15.2. The second kappa shape index (κ2) is 17.9. The summed E-state index contributed by atoms with van der Waals surface area (Å²) in [7, 11) is 0. The van der Waals surface area contributed by atoms with Crippen LogP contribution in [-0.4, -0.2) is 25.4 Å². The van der Waals surface area contributed by atoms with Crippen molar-refractivity contribution in [3.63, 3.8) is 0 Å². The lowest BCUT2D eigenvalue weighted by Gasteiger charge is -2.32. The summed E-state index contributed by atoms with van der Waals surface area (Å²) in [5.74, 6) is 2.31. The summed E-state index contributed by atoms with van der Waals surface area (Å²) in [6, 6.07) is 0. The Balaban J connectivity index is 5.53. The van der Waals surface area contributed by atoms with Gasteiger partial charge in [-0.3, -0.25) is 0 Å². The molecule has 2 unspecified atom stereocenters. The lowest BCUT2D eigenvalue weighted by molar-refractivity contribution is 0.144. The summed E-state index contributed by atoms with van der Waals surface area (Å²) in [6.45, 7) is 23.0. The van der Waals surface area contributed by atoms with E-state index < -0.39 is 11.4 Å². The van der Waals surface area contributed by atoms with Gasteiger partial charge in [0.15, 0.2) is 0 Å². The van der Waals surface area contributed by atoms with Crippen molar-refractivity contribution in [3.8, 4) is 0 Å². The summed E-state index contributed by atoms with van der Waals surface area (Å²) >= 11 is 13.5. The molecule has 4 nitrogen and oxygen atoms in total. The number of hydrogen-bond acceptors (Lipinski definition) is 7. The number of rotatable bonds is 20. The Morgan fingerprint density at radius 1 is 0.576 bits per heavy atom. The monoisotopic (exact) mass is 562 g/mol. The van der Waals surface area contributed by atoms with Crippen molar-refractivity contribution >= 4 is 46.0 Å². The van der Waals surface area contributed by atoms with Gasteiger partial charge in [0.05, 0.1) is 25.4 Å². The molecule has 0 aliphatic heterocycles. The van der Waals surface area contributed by atoms with Gasteiger partial charge in [-0.1, -0.05) is 55.4 Å². The molecule has 0 amide bonds. The second-order valence-electron chi connectivity index (χ2n) is 10.8. The highest BCUT2D eigenvalue weighted by Gasteiger charge is 2.36. The predicted molar refractivity (Wildman–Crippen MR) is 156 cm³/mol. The molecule has 0 heterocycles. The zero-order valence-corrected chi connectivity index (χ0v) is 27.1. The third-order valence-corrected chi connectivity index (χ3v) is 18.1. The maximum atomic E-state index is 6.45. The van der Waals surface area contributed by atoms with Crippen LogP contribution in [0.2, 0.25) is 0 Å². The van der Waals surface area contributed by atoms with E-state index in [2.05, 4.69) is 69.2 Å². The Morgan fingerprint density at radius 2 is 0.939 bits per heavy atom. The van der Waals surface area contributed by atoms with Gasteiger partial charge in [0.1, 0.15) is 0 Å². The molecule has 0 aromatic rings. The fourth-order valence-corrected chi connectivity index (χ4v) is 19.3. The Kier molecular flexibility index (Phi) is 18.7. The largest absolute Gasteiger partial charge is 0.321 e. The Morgan fingerprint density at radius 3 is 1.24 bits per heavy atom. The van der Waals surface area contributed by atoms with E-state index >= 15 is 0 Å². The van der Waals surface area contributed by atoms with Crippen molar-refractivity contribution in [1.82, 2.24) is 0 Å². The van der Waals surface area contributed by atoms with Gasteiger partial charge in [0.25, 0.3) is 11.4 Å². The summed E-state index contributed by atoms with van der Waals surface area (Å²) in [5, 5.41) is 0. The van der Waals surface area contributed by atoms with E-state index in [0.29, 0.717) is 36.9 Å². The van der Waals surface area contributed by atoms with E-state index in [9.17, 15) is 0 Å². The van der Waals surface area contributed by atoms with Crippen LogP contribution < -0.4 is 0 Å². The molecule has 0 bridgehead atoms. The summed E-state index contributed by atoms with van der Waals surface area (Å²) in [5.41, 5.74) is -5.45. The van der Waals surface area contributed by atoms with E-state index in [-0.39, 0.29) is 12.2 Å². The lowest BCUT2D eigenvalue weighted by Crippen LogP contribution is -2.14. The first kappa shape index (κ1) is 34.5. The van der Waals surface area contributed by atoms with Gasteiger partial charge in [-0.2, -0.15) is 0 Å². The van der Waals surface area contributed by atoms with Gasteiger partial charge < -0.3 is 18.1 Å². The third kappa shape index (κ3) is 19.3. The average molecular weight is 563 g/mol. The van der Waals surface area contributed by atoms with Crippen LogP contribution in [0.25, 0.3) is 0 Å². The molecule has 2 atom stereocenters. The smallest absolute Gasteiger partial charge is 0.257 e. The molecule has 0 rings (SSSR count). The second-order valence-corrected chi connectivity index (χ2v) is 22.8. The molecule has 0 saturated carbocycles. The van der Waals surface area contributed by atoms with E-state index in [1.54, 1.807) is 0 Å². The minimum absolute atomic E-state index is 0.0000784. The molecule has 0 radical (unpaired) electrons. The Bertz CT molecular complexity index is 558. The highest BCUT2D eigenvalue weighted by atomic mass is 33.2. The van der Waals surface area contributed by atoms with E-state index in [4.69, 9.17) is 41.7 Å². The predicted octanol–water partition coefficient (Wildman–Crippen LogP) is 9.98. The molecule has 0 aromatic heterocycles. The minimum Gasteiger partial charge on any atom is -0.321 e. The van der Waals surface area contributed by atoms with Crippen molar-refractivity contribution in [2.24, 2.45) is 23.7 Å². The van der Waals surface area contributed by atoms with Crippen LogP contribution in [0.4, 0.5) is 0 Å². The zero-order chi connectivity index (χ0) is 25.7. The Hall–Kier alpha value is 1.49. The van der Waals surface area contributed by atoms with Crippen LogP contribution in [0.1, 0.15) is 108 Å². The van der Waals surface area contributed by atoms with Gasteiger partial charge in [-0.05, 0) is 99.7 Å². The first-order valence-corrected chi connectivity index (χ1v) is 20.0. The third-order valence-electron chi connectivity index (χ3n) is 4.78. The minimum atomic E-state index is -2.76. The molecule has 200 valence electrons. The van der Waals surface area contributed by atoms with Gasteiger partial charge in [0.2, 0.25) is 0 Å². The van der Waals surface area contributed by atoms with Crippen molar-refractivity contribution < 1.29 is 18.1 Å². The highest BCUT2D eigenvalue weighted by Crippen LogP contribution is 2.80. The lowest BCUT2D eigenvalue weighted by atomic mass is 10.1. The molecule has 0 spiro atoms. The SMILES string of the molecule is CC(C)CCCOP(=S)(OCCCC(C)C)SP(=S)(OC(C)CC(C)C)OC(C)CC(C)C. The topological polar surface area (TPSA) is 36.9 Å². The maximum Gasteiger partial charge on any atom is 0.257 e. The molecule has 33 heavy (non-hydrogen) atoms. The van der Waals surface area contributed by atoms with Crippen LogP contribution in [-0.2, 0) is 41.7 Å². The van der Waals surface area contributed by atoms with Crippen molar-refractivity contribution in [3.05, 3.63) is 0 Å². The summed E-state index contributed by atoms with van der Waals surface area (Å²) < 4.78 is 25.5. The average Bonchev–Trinajstić information content (AvgIpc) is 2.60. The molecule has 9 heteroatoms. The van der Waals surface area contributed by atoms with E-state index in [1.165, 1.54) is 11.0 Å². The van der Waals surface area contributed by atoms with Crippen molar-refractivity contribution in [1.29, 1.82) is 0 Å². The molecule has 0 aliphatic carbocycles. The Labute approximate surface area is 220 Å². The van der Waals surface area contributed by atoms with Gasteiger partial charge in [0, 0.05) is 11.0 Å². The zero-order valence-electron chi connectivity index (χ0n) is 22.9. The highest BCUT2D eigenvalue weighted by molar-refractivity contribution is 8.96. The van der Waals surface area contributed by atoms with Crippen LogP contribution in [0.3, 0.4) is 0 Å². The van der Waals surface area contributed by atoms with Crippen molar-refractivity contribution in [2.45, 2.75) is 120 Å². The molecular formula is C24H52O4P2S3. The summed E-state index contributed by atoms with van der Waals surface area (Å²) in [6.07, 6.45) is 5.98. The standard InChI is InChI=1S/C24H52O4P2S3/c1-19(2)13-11-15-25-29(31,26-16-12-14-20(3)4)33-30(32,27-23(9)17-21(5)6)28-24(10)18-22(7)8/h19-24H,11-18H2,1-10H3. The van der Waals surface area contributed by atoms with Gasteiger partial charge >= 0.3 is 0 Å². The molecule has 0 saturated heterocycles. The van der Waals surface area contributed by atoms with Gasteiger partial charge in [-0.15, -0.1) is 0 Å². The molecule has 0 aromatic carbocycles. The van der Waals surface area contributed by atoms with Crippen LogP contribution >= 0.6 is 22.4 Å². The fraction of sp³-hybridized carbons (Fsp3) is 1.00. The van der Waals surface area contributed by atoms with Gasteiger partial charge in [-0.25, -0.2) is 0 Å². The fourth-order valence-electron chi connectivity index (χ4n) is 3.46.